The van der Waals surface area contributed by atoms with Crippen LogP contribution < -0.4 is 0 Å². The molecular formula is C13H8N2O4. The molecule has 1 aliphatic rings. The quantitative estimate of drug-likeness (QED) is 0.467. The van der Waals surface area contributed by atoms with E-state index < -0.39 is 17.0 Å². The molecule has 0 bridgehead atoms. The van der Waals surface area contributed by atoms with Gasteiger partial charge in [0.25, 0.3) is 5.69 Å². The van der Waals surface area contributed by atoms with Gasteiger partial charge in [-0.25, -0.2) is 4.79 Å². The predicted molar refractivity (Wildman–Crippen MR) is 64.6 cm³/mol. The summed E-state index contributed by atoms with van der Waals surface area (Å²) < 4.78 is 5.23. The summed E-state index contributed by atoms with van der Waals surface area (Å²) in [6.07, 6.45) is 0.883. The summed E-state index contributed by atoms with van der Waals surface area (Å²) in [4.78, 5) is 26.1. The second-order valence-corrected chi connectivity index (χ2v) is 4.07. The average molecular weight is 256 g/mol. The summed E-state index contributed by atoms with van der Waals surface area (Å²) in [6.45, 7) is 0. The fourth-order valence-corrected chi connectivity index (χ4v) is 2.05. The Bertz CT molecular complexity index is 684. The fraction of sp³-hybridized carbons (Fsp3) is 0.0769. The van der Waals surface area contributed by atoms with E-state index >= 15 is 0 Å². The molecule has 0 saturated heterocycles. The van der Waals surface area contributed by atoms with Crippen LogP contribution in [0.2, 0.25) is 0 Å². The van der Waals surface area contributed by atoms with Crippen molar-refractivity contribution in [2.24, 2.45) is 0 Å². The Hall–Kier alpha value is -2.76. The highest BCUT2D eigenvalue weighted by molar-refractivity contribution is 5.93. The van der Waals surface area contributed by atoms with E-state index in [1.165, 1.54) is 12.1 Å². The van der Waals surface area contributed by atoms with Gasteiger partial charge in [-0.2, -0.15) is 0 Å². The molecule has 0 saturated carbocycles. The molecule has 2 heterocycles. The Kier molecular flexibility index (Phi) is 2.49. The van der Waals surface area contributed by atoms with Crippen LogP contribution in [0.15, 0.2) is 42.6 Å². The molecule has 6 nitrogen and oxygen atoms in total. The fourth-order valence-electron chi connectivity index (χ4n) is 2.05. The van der Waals surface area contributed by atoms with Crippen LogP contribution in [0.5, 0.6) is 0 Å². The van der Waals surface area contributed by atoms with E-state index in [9.17, 15) is 14.9 Å². The molecule has 1 atom stereocenters. The van der Waals surface area contributed by atoms with Crippen LogP contribution in [-0.2, 0) is 4.74 Å². The van der Waals surface area contributed by atoms with Crippen molar-refractivity contribution >= 4 is 11.7 Å². The van der Waals surface area contributed by atoms with E-state index in [0.717, 1.165) is 0 Å². The Morgan fingerprint density at radius 1 is 1.26 bits per heavy atom. The highest BCUT2D eigenvalue weighted by Gasteiger charge is 2.33. The highest BCUT2D eigenvalue weighted by atomic mass is 16.6. The Balaban J connectivity index is 2.07. The van der Waals surface area contributed by atoms with Gasteiger partial charge in [-0.3, -0.25) is 15.1 Å². The van der Waals surface area contributed by atoms with Gasteiger partial charge < -0.3 is 4.74 Å². The third-order valence-electron chi connectivity index (χ3n) is 2.92. The lowest BCUT2D eigenvalue weighted by Gasteiger charge is -2.09. The zero-order chi connectivity index (χ0) is 13.4. The molecule has 0 N–H and O–H groups in total. The molecule has 0 aliphatic carbocycles. The van der Waals surface area contributed by atoms with E-state index in [1.807, 2.05) is 0 Å². The van der Waals surface area contributed by atoms with Gasteiger partial charge in [0.05, 0.1) is 10.5 Å². The van der Waals surface area contributed by atoms with Crippen LogP contribution >= 0.6 is 0 Å². The number of aromatic nitrogens is 1. The molecule has 6 heteroatoms. The molecule has 2 aromatic rings. The van der Waals surface area contributed by atoms with Gasteiger partial charge in [0.2, 0.25) is 0 Å². The maximum Gasteiger partial charge on any atom is 0.341 e. The molecule has 0 amide bonds. The third kappa shape index (κ3) is 1.83. The van der Waals surface area contributed by atoms with Crippen molar-refractivity contribution in [1.29, 1.82) is 0 Å². The number of carbonyl (C=O) groups excluding carboxylic acids is 1. The first-order valence-electron chi connectivity index (χ1n) is 5.57. The number of benzene rings is 1. The van der Waals surface area contributed by atoms with Crippen LogP contribution in [0.4, 0.5) is 5.69 Å². The summed E-state index contributed by atoms with van der Waals surface area (Å²) in [5.74, 6) is -0.459. The van der Waals surface area contributed by atoms with Crippen molar-refractivity contribution < 1.29 is 14.5 Å². The number of carbonyl (C=O) groups is 1. The molecule has 1 aromatic carbocycles. The number of nitro groups is 1. The van der Waals surface area contributed by atoms with Crippen LogP contribution in [0.1, 0.15) is 27.7 Å². The predicted octanol–water partition coefficient (Wildman–Crippen LogP) is 2.25. The first-order chi connectivity index (χ1) is 9.16. The van der Waals surface area contributed by atoms with E-state index in [1.54, 1.807) is 30.5 Å². The minimum Gasteiger partial charge on any atom is -0.447 e. The molecule has 94 valence electrons. The SMILES string of the molecule is O=C1OC(c2cccc([N+](=O)[O-])c2)c2ncccc21. The number of fused-ring (bicyclic) bond motifs is 1. The Morgan fingerprint density at radius 3 is 2.89 bits per heavy atom. The van der Waals surface area contributed by atoms with Crippen molar-refractivity contribution in [2.75, 3.05) is 0 Å². The number of cyclic esters (lactones) is 1. The van der Waals surface area contributed by atoms with Gasteiger partial charge >= 0.3 is 5.97 Å². The maximum atomic E-state index is 11.7. The summed E-state index contributed by atoms with van der Waals surface area (Å²) in [6, 6.07) is 9.29. The van der Waals surface area contributed by atoms with Gasteiger partial charge in [-0.05, 0) is 12.1 Å². The first kappa shape index (κ1) is 11.3. The molecule has 0 fully saturated rings. The number of esters is 1. The second-order valence-electron chi connectivity index (χ2n) is 4.07. The van der Waals surface area contributed by atoms with Crippen molar-refractivity contribution in [3.05, 3.63) is 69.5 Å². The zero-order valence-electron chi connectivity index (χ0n) is 9.65. The van der Waals surface area contributed by atoms with E-state index in [4.69, 9.17) is 4.74 Å². The molecule has 0 spiro atoms. The van der Waals surface area contributed by atoms with Crippen LogP contribution in [-0.4, -0.2) is 15.9 Å². The number of hydrogen-bond acceptors (Lipinski definition) is 5. The van der Waals surface area contributed by atoms with Crippen molar-refractivity contribution in [3.63, 3.8) is 0 Å². The van der Waals surface area contributed by atoms with Crippen molar-refractivity contribution in [1.82, 2.24) is 4.98 Å². The molecule has 1 aromatic heterocycles. The number of nitro benzene ring substituents is 1. The molecule has 0 radical (unpaired) electrons. The Labute approximate surface area is 107 Å². The smallest absolute Gasteiger partial charge is 0.341 e. The number of non-ortho nitro benzene ring substituents is 1. The second kappa shape index (κ2) is 4.16. The normalized spacial score (nSPS) is 16.8. The van der Waals surface area contributed by atoms with Crippen molar-refractivity contribution in [2.45, 2.75) is 6.10 Å². The standard InChI is InChI=1S/C13H8N2O4/c16-13-10-5-2-6-14-11(10)12(19-13)8-3-1-4-9(7-8)15(17)18/h1-7,12H. The number of hydrogen-bond donors (Lipinski definition) is 0. The minimum atomic E-state index is -0.677. The zero-order valence-corrected chi connectivity index (χ0v) is 9.65. The summed E-state index contributed by atoms with van der Waals surface area (Å²) in [5.41, 5.74) is 1.39. The van der Waals surface area contributed by atoms with Crippen LogP contribution in [0.3, 0.4) is 0 Å². The van der Waals surface area contributed by atoms with Gasteiger partial charge in [0.15, 0.2) is 6.10 Å². The molecule has 1 aliphatic heterocycles. The Morgan fingerprint density at radius 2 is 2.11 bits per heavy atom. The molecule has 19 heavy (non-hydrogen) atoms. The molecular weight excluding hydrogens is 248 g/mol. The van der Waals surface area contributed by atoms with Crippen LogP contribution in [0, 0.1) is 10.1 Å². The van der Waals surface area contributed by atoms with E-state index in [-0.39, 0.29) is 5.69 Å². The van der Waals surface area contributed by atoms with Gasteiger partial charge in [-0.15, -0.1) is 0 Å². The summed E-state index contributed by atoms with van der Waals surface area (Å²) in [5, 5.41) is 10.8. The molecule has 1 unspecified atom stereocenters. The summed E-state index contributed by atoms with van der Waals surface area (Å²) in [7, 11) is 0. The van der Waals surface area contributed by atoms with E-state index in [2.05, 4.69) is 4.98 Å². The highest BCUT2D eigenvalue weighted by Crippen LogP contribution is 2.35. The summed E-state index contributed by atoms with van der Waals surface area (Å²) >= 11 is 0. The van der Waals surface area contributed by atoms with Crippen molar-refractivity contribution in [3.8, 4) is 0 Å². The number of ether oxygens (including phenoxy) is 1. The number of rotatable bonds is 2. The maximum absolute atomic E-state index is 11.7. The molecule has 3 rings (SSSR count). The largest absolute Gasteiger partial charge is 0.447 e. The van der Waals surface area contributed by atoms with Gasteiger partial charge in [0, 0.05) is 23.9 Å². The van der Waals surface area contributed by atoms with E-state index in [0.29, 0.717) is 16.8 Å². The monoisotopic (exact) mass is 256 g/mol. The van der Waals surface area contributed by atoms with Gasteiger partial charge in [0.1, 0.15) is 5.69 Å². The average Bonchev–Trinajstić information content (AvgIpc) is 2.77. The number of nitrogens with zero attached hydrogens (tertiary/aromatic N) is 2. The lowest BCUT2D eigenvalue weighted by Crippen LogP contribution is -2.02. The lowest BCUT2D eigenvalue weighted by molar-refractivity contribution is -0.385. The lowest BCUT2D eigenvalue weighted by atomic mass is 10.0. The van der Waals surface area contributed by atoms with Crippen LogP contribution in [0.25, 0.3) is 0 Å². The third-order valence-corrected chi connectivity index (χ3v) is 2.92. The van der Waals surface area contributed by atoms with Gasteiger partial charge in [-0.1, -0.05) is 12.1 Å². The topological polar surface area (TPSA) is 82.3 Å². The number of pyridine rings is 1. The minimum absolute atomic E-state index is 0.0436. The first-order valence-corrected chi connectivity index (χ1v) is 5.57.